The zero-order chi connectivity index (χ0) is 10.1. The highest BCUT2D eigenvalue weighted by Gasteiger charge is 2.08. The van der Waals surface area contributed by atoms with Crippen molar-refractivity contribution in [3.05, 3.63) is 0 Å². The molecular weight excluding hydrogens is 164 g/mol. The maximum atomic E-state index is 11.5. The smallest absolute Gasteiger partial charge is 0.222 e. The van der Waals surface area contributed by atoms with Crippen molar-refractivity contribution in [1.29, 1.82) is 0 Å². The number of nitrogens with zero attached hydrogens (tertiary/aromatic N) is 1. The van der Waals surface area contributed by atoms with Gasteiger partial charge in [0.1, 0.15) is 0 Å². The highest BCUT2D eigenvalue weighted by molar-refractivity contribution is 5.76. The van der Waals surface area contributed by atoms with E-state index in [-0.39, 0.29) is 5.91 Å². The van der Waals surface area contributed by atoms with E-state index in [1.807, 2.05) is 11.8 Å². The molecule has 0 aromatic rings. The summed E-state index contributed by atoms with van der Waals surface area (Å²) in [7, 11) is 0. The quantitative estimate of drug-likeness (QED) is 0.610. The summed E-state index contributed by atoms with van der Waals surface area (Å²) in [6, 6.07) is 0. The van der Waals surface area contributed by atoms with Gasteiger partial charge in [-0.15, -0.1) is 0 Å². The van der Waals surface area contributed by atoms with Gasteiger partial charge in [0.05, 0.1) is 0 Å². The SMILES string of the molecule is CCCN(CC)C(=O)CCCCN. The monoisotopic (exact) mass is 186 g/mol. The molecule has 0 radical (unpaired) electrons. The summed E-state index contributed by atoms with van der Waals surface area (Å²) in [6.07, 6.45) is 3.58. The molecule has 0 heterocycles. The Hall–Kier alpha value is -0.570. The first kappa shape index (κ1) is 12.4. The van der Waals surface area contributed by atoms with Crippen molar-refractivity contribution >= 4 is 5.91 Å². The number of unbranched alkanes of at least 4 members (excludes halogenated alkanes) is 1. The van der Waals surface area contributed by atoms with Crippen molar-refractivity contribution < 1.29 is 4.79 Å². The fraction of sp³-hybridized carbons (Fsp3) is 0.900. The van der Waals surface area contributed by atoms with E-state index in [2.05, 4.69) is 6.92 Å². The van der Waals surface area contributed by atoms with E-state index in [0.29, 0.717) is 13.0 Å². The zero-order valence-corrected chi connectivity index (χ0v) is 8.88. The fourth-order valence-electron chi connectivity index (χ4n) is 1.31. The third kappa shape index (κ3) is 5.64. The van der Waals surface area contributed by atoms with Gasteiger partial charge >= 0.3 is 0 Å². The Balaban J connectivity index is 3.64. The number of amides is 1. The van der Waals surface area contributed by atoms with Crippen LogP contribution in [-0.2, 0) is 4.79 Å². The third-order valence-corrected chi connectivity index (χ3v) is 2.07. The van der Waals surface area contributed by atoms with Crippen LogP contribution in [0.1, 0.15) is 39.5 Å². The molecule has 0 aromatic heterocycles. The van der Waals surface area contributed by atoms with E-state index in [0.717, 1.165) is 32.4 Å². The molecule has 3 heteroatoms. The van der Waals surface area contributed by atoms with E-state index in [4.69, 9.17) is 5.73 Å². The predicted octanol–water partition coefficient (Wildman–Crippen LogP) is 1.37. The number of nitrogens with two attached hydrogens (primary N) is 1. The second-order valence-corrected chi connectivity index (χ2v) is 3.22. The maximum absolute atomic E-state index is 11.5. The number of carbonyl (C=O) groups is 1. The van der Waals surface area contributed by atoms with Crippen LogP contribution < -0.4 is 5.73 Å². The van der Waals surface area contributed by atoms with Crippen LogP contribution in [0.3, 0.4) is 0 Å². The van der Waals surface area contributed by atoms with Crippen molar-refractivity contribution in [2.75, 3.05) is 19.6 Å². The van der Waals surface area contributed by atoms with Crippen LogP contribution in [0.2, 0.25) is 0 Å². The van der Waals surface area contributed by atoms with Gasteiger partial charge in [-0.25, -0.2) is 0 Å². The van der Waals surface area contributed by atoms with Crippen molar-refractivity contribution in [2.45, 2.75) is 39.5 Å². The van der Waals surface area contributed by atoms with Gasteiger partial charge in [-0.2, -0.15) is 0 Å². The first-order valence-electron chi connectivity index (χ1n) is 5.24. The molecule has 2 N–H and O–H groups in total. The molecule has 0 aromatic carbocycles. The summed E-state index contributed by atoms with van der Waals surface area (Å²) in [5.74, 6) is 0.276. The first-order chi connectivity index (χ1) is 6.26. The third-order valence-electron chi connectivity index (χ3n) is 2.07. The standard InChI is InChI=1S/C10H22N2O/c1-3-9-12(4-2)10(13)7-5-6-8-11/h3-9,11H2,1-2H3. The molecular formula is C10H22N2O. The molecule has 0 saturated heterocycles. The molecule has 0 atom stereocenters. The maximum Gasteiger partial charge on any atom is 0.222 e. The Morgan fingerprint density at radius 3 is 2.46 bits per heavy atom. The highest BCUT2D eigenvalue weighted by Crippen LogP contribution is 2.01. The summed E-state index contributed by atoms with van der Waals surface area (Å²) in [5.41, 5.74) is 5.36. The van der Waals surface area contributed by atoms with Gasteiger partial charge in [0.2, 0.25) is 5.91 Å². The minimum Gasteiger partial charge on any atom is -0.343 e. The van der Waals surface area contributed by atoms with Gasteiger partial charge in [-0.3, -0.25) is 4.79 Å². The normalized spacial score (nSPS) is 10.1. The van der Waals surface area contributed by atoms with Crippen molar-refractivity contribution in [3.8, 4) is 0 Å². The molecule has 1 amide bonds. The topological polar surface area (TPSA) is 46.3 Å². The summed E-state index contributed by atoms with van der Waals surface area (Å²) in [6.45, 7) is 6.52. The van der Waals surface area contributed by atoms with Gasteiger partial charge in [0.15, 0.2) is 0 Å². The van der Waals surface area contributed by atoms with Crippen LogP contribution in [0, 0.1) is 0 Å². The van der Waals surface area contributed by atoms with Crippen LogP contribution in [0.4, 0.5) is 0 Å². The number of rotatable bonds is 7. The Morgan fingerprint density at radius 2 is 2.00 bits per heavy atom. The highest BCUT2D eigenvalue weighted by atomic mass is 16.2. The minimum absolute atomic E-state index is 0.276. The molecule has 78 valence electrons. The van der Waals surface area contributed by atoms with Gasteiger partial charge in [-0.1, -0.05) is 6.92 Å². The summed E-state index contributed by atoms with van der Waals surface area (Å²) < 4.78 is 0. The summed E-state index contributed by atoms with van der Waals surface area (Å²) in [4.78, 5) is 13.4. The van der Waals surface area contributed by atoms with Crippen LogP contribution in [0.15, 0.2) is 0 Å². The second-order valence-electron chi connectivity index (χ2n) is 3.22. The lowest BCUT2D eigenvalue weighted by molar-refractivity contribution is -0.131. The molecule has 0 fully saturated rings. The molecule has 3 nitrogen and oxygen atoms in total. The first-order valence-corrected chi connectivity index (χ1v) is 5.24. The van der Waals surface area contributed by atoms with E-state index < -0.39 is 0 Å². The molecule has 0 aliphatic carbocycles. The van der Waals surface area contributed by atoms with Crippen molar-refractivity contribution in [2.24, 2.45) is 5.73 Å². The van der Waals surface area contributed by atoms with Crippen molar-refractivity contribution in [3.63, 3.8) is 0 Å². The second kappa shape index (κ2) is 8.05. The predicted molar refractivity (Wildman–Crippen MR) is 55.5 cm³/mol. The lowest BCUT2D eigenvalue weighted by Gasteiger charge is -2.19. The molecule has 0 spiro atoms. The largest absolute Gasteiger partial charge is 0.343 e. The van der Waals surface area contributed by atoms with Gasteiger partial charge in [0.25, 0.3) is 0 Å². The van der Waals surface area contributed by atoms with E-state index >= 15 is 0 Å². The molecule has 0 rings (SSSR count). The van der Waals surface area contributed by atoms with Gasteiger partial charge < -0.3 is 10.6 Å². The number of hydrogen-bond donors (Lipinski definition) is 1. The molecule has 0 aliphatic rings. The Labute approximate surface area is 81.3 Å². The van der Waals surface area contributed by atoms with Crippen LogP contribution in [0.25, 0.3) is 0 Å². The van der Waals surface area contributed by atoms with Crippen LogP contribution in [0.5, 0.6) is 0 Å². The van der Waals surface area contributed by atoms with E-state index in [1.165, 1.54) is 0 Å². The average Bonchev–Trinajstić information content (AvgIpc) is 2.14. The summed E-state index contributed by atoms with van der Waals surface area (Å²) in [5, 5.41) is 0. The van der Waals surface area contributed by atoms with E-state index in [1.54, 1.807) is 0 Å². The molecule has 0 unspecified atom stereocenters. The van der Waals surface area contributed by atoms with Gasteiger partial charge in [-0.05, 0) is 32.7 Å². The Kier molecular flexibility index (Phi) is 7.69. The van der Waals surface area contributed by atoms with Crippen molar-refractivity contribution in [1.82, 2.24) is 4.90 Å². The van der Waals surface area contributed by atoms with Crippen LogP contribution in [-0.4, -0.2) is 30.4 Å². The zero-order valence-electron chi connectivity index (χ0n) is 8.88. The lowest BCUT2D eigenvalue weighted by Crippen LogP contribution is -2.31. The lowest BCUT2D eigenvalue weighted by atomic mass is 10.2. The Morgan fingerprint density at radius 1 is 1.31 bits per heavy atom. The number of carbonyl (C=O) groups excluding carboxylic acids is 1. The summed E-state index contributed by atoms with van der Waals surface area (Å²) >= 11 is 0. The Bertz CT molecular complexity index is 137. The number of hydrogen-bond acceptors (Lipinski definition) is 2. The van der Waals surface area contributed by atoms with E-state index in [9.17, 15) is 4.79 Å². The minimum atomic E-state index is 0.276. The van der Waals surface area contributed by atoms with Crippen LogP contribution >= 0.6 is 0 Å². The molecule has 0 saturated carbocycles. The molecule has 0 bridgehead atoms. The fourth-order valence-corrected chi connectivity index (χ4v) is 1.31. The molecule has 0 aliphatic heterocycles. The van der Waals surface area contributed by atoms with Gasteiger partial charge in [0, 0.05) is 19.5 Å². The average molecular weight is 186 g/mol. The molecule has 13 heavy (non-hydrogen) atoms.